The van der Waals surface area contributed by atoms with Crippen LogP contribution < -0.4 is 4.90 Å². The summed E-state index contributed by atoms with van der Waals surface area (Å²) >= 11 is 13.9. The zero-order valence-electron chi connectivity index (χ0n) is 21.3. The molecule has 2 aromatic heterocycles. The van der Waals surface area contributed by atoms with Gasteiger partial charge in [0.1, 0.15) is 0 Å². The van der Waals surface area contributed by atoms with Crippen molar-refractivity contribution in [2.24, 2.45) is 11.8 Å². The van der Waals surface area contributed by atoms with Crippen molar-refractivity contribution < 1.29 is 4.79 Å². The Bertz CT molecular complexity index is 1330. The second-order valence-electron chi connectivity index (χ2n) is 10.9. The van der Waals surface area contributed by atoms with Gasteiger partial charge in [-0.25, -0.2) is 0 Å². The Kier molecular flexibility index (Phi) is 7.79. The molecular weight excluding hydrogens is 628 g/mol. The summed E-state index contributed by atoms with van der Waals surface area (Å²) in [6.45, 7) is 3.58. The molecule has 3 aromatic rings. The third-order valence-electron chi connectivity index (χ3n) is 8.56. The number of aryl methyl sites for hydroxylation is 2. The molecule has 4 heterocycles. The van der Waals surface area contributed by atoms with Crippen LogP contribution in [0.25, 0.3) is 0 Å². The number of likely N-dealkylation sites (tertiary alicyclic amines) is 1. The van der Waals surface area contributed by atoms with Crippen molar-refractivity contribution in [1.29, 1.82) is 0 Å². The molecule has 0 spiro atoms. The SMILES string of the molecule is O=C(C[C@@H]1CCN(c2ccncc2)C1)N1CCC([C@H]2c3ncc(Br)cc3CCc3cc(Cl)cc(Br)c32)CC1. The van der Waals surface area contributed by atoms with Crippen LogP contribution in [-0.2, 0) is 17.6 Å². The zero-order valence-corrected chi connectivity index (χ0v) is 25.2. The molecule has 8 heteroatoms. The number of pyridine rings is 2. The van der Waals surface area contributed by atoms with Gasteiger partial charge in [0.15, 0.2) is 0 Å². The Morgan fingerprint density at radius 2 is 1.76 bits per heavy atom. The normalized spacial score (nSPS) is 21.7. The second-order valence-corrected chi connectivity index (χ2v) is 13.1. The van der Waals surface area contributed by atoms with E-state index in [1.807, 2.05) is 24.7 Å². The van der Waals surface area contributed by atoms with E-state index in [1.165, 1.54) is 28.1 Å². The van der Waals surface area contributed by atoms with Gasteiger partial charge in [-0.2, -0.15) is 0 Å². The van der Waals surface area contributed by atoms with E-state index in [1.54, 1.807) is 0 Å². The van der Waals surface area contributed by atoms with Crippen molar-refractivity contribution in [1.82, 2.24) is 14.9 Å². The van der Waals surface area contributed by atoms with Crippen molar-refractivity contribution in [2.75, 3.05) is 31.1 Å². The molecule has 2 aliphatic heterocycles. The van der Waals surface area contributed by atoms with Crippen molar-refractivity contribution >= 4 is 55.1 Å². The molecule has 0 saturated carbocycles. The van der Waals surface area contributed by atoms with E-state index in [0.29, 0.717) is 24.2 Å². The Morgan fingerprint density at radius 3 is 2.55 bits per heavy atom. The van der Waals surface area contributed by atoms with E-state index in [2.05, 4.69) is 70.9 Å². The largest absolute Gasteiger partial charge is 0.371 e. The molecule has 38 heavy (non-hydrogen) atoms. The predicted molar refractivity (Wildman–Crippen MR) is 159 cm³/mol. The molecule has 0 unspecified atom stereocenters. The summed E-state index contributed by atoms with van der Waals surface area (Å²) in [4.78, 5) is 26.9. The van der Waals surface area contributed by atoms with Gasteiger partial charge in [-0.05, 0) is 107 Å². The Labute approximate surface area is 246 Å². The first-order chi connectivity index (χ1) is 18.5. The number of aromatic nitrogens is 2. The van der Waals surface area contributed by atoms with E-state index in [4.69, 9.17) is 16.6 Å². The fourth-order valence-corrected chi connectivity index (χ4v) is 8.18. The number of benzene rings is 1. The lowest BCUT2D eigenvalue weighted by atomic mass is 9.76. The van der Waals surface area contributed by atoms with E-state index >= 15 is 0 Å². The van der Waals surface area contributed by atoms with Gasteiger partial charge in [0.05, 0.1) is 5.69 Å². The minimum absolute atomic E-state index is 0.197. The summed E-state index contributed by atoms with van der Waals surface area (Å²) in [7, 11) is 0. The third kappa shape index (κ3) is 5.39. The van der Waals surface area contributed by atoms with Crippen molar-refractivity contribution in [3.63, 3.8) is 0 Å². The molecule has 5 nitrogen and oxygen atoms in total. The van der Waals surface area contributed by atoms with Crippen LogP contribution in [0, 0.1) is 11.8 Å². The van der Waals surface area contributed by atoms with Crippen LogP contribution in [0.15, 0.2) is 57.9 Å². The van der Waals surface area contributed by atoms with Gasteiger partial charge >= 0.3 is 0 Å². The monoisotopic (exact) mass is 656 g/mol. The number of carbonyl (C=O) groups excluding carboxylic acids is 1. The van der Waals surface area contributed by atoms with Crippen LogP contribution >= 0.6 is 43.5 Å². The van der Waals surface area contributed by atoms with Crippen LogP contribution in [-0.4, -0.2) is 47.0 Å². The number of hydrogen-bond donors (Lipinski definition) is 0. The van der Waals surface area contributed by atoms with Gasteiger partial charge in [-0.15, -0.1) is 0 Å². The van der Waals surface area contributed by atoms with Crippen molar-refractivity contribution in [3.8, 4) is 0 Å². The van der Waals surface area contributed by atoms with Crippen LogP contribution in [0.2, 0.25) is 5.02 Å². The van der Waals surface area contributed by atoms with Gasteiger partial charge < -0.3 is 9.80 Å². The van der Waals surface area contributed by atoms with E-state index in [9.17, 15) is 4.79 Å². The lowest BCUT2D eigenvalue weighted by Gasteiger charge is -2.37. The molecule has 6 rings (SSSR count). The quantitative estimate of drug-likeness (QED) is 0.302. The van der Waals surface area contributed by atoms with Crippen LogP contribution in [0.3, 0.4) is 0 Å². The fraction of sp³-hybridized carbons (Fsp3) is 0.433. The summed E-state index contributed by atoms with van der Waals surface area (Å²) in [6, 6.07) is 10.5. The van der Waals surface area contributed by atoms with Crippen molar-refractivity contribution in [2.45, 2.75) is 44.4 Å². The first-order valence-electron chi connectivity index (χ1n) is 13.5. The number of nitrogens with zero attached hydrogens (tertiary/aromatic N) is 4. The first-order valence-corrected chi connectivity index (χ1v) is 15.5. The number of halogens is 3. The Morgan fingerprint density at radius 1 is 1.00 bits per heavy atom. The zero-order chi connectivity index (χ0) is 26.2. The molecule has 1 aromatic carbocycles. The van der Waals surface area contributed by atoms with Gasteiger partial charge in [0.25, 0.3) is 0 Å². The number of amides is 1. The molecule has 3 aliphatic rings. The number of anilines is 1. The number of hydrogen-bond acceptors (Lipinski definition) is 4. The molecule has 0 bridgehead atoms. The maximum atomic E-state index is 13.3. The predicted octanol–water partition coefficient (Wildman–Crippen LogP) is 7.04. The average molecular weight is 659 g/mol. The highest BCUT2D eigenvalue weighted by atomic mass is 79.9. The molecule has 2 atom stereocenters. The minimum Gasteiger partial charge on any atom is -0.371 e. The maximum Gasteiger partial charge on any atom is 0.222 e. The van der Waals surface area contributed by atoms with Gasteiger partial charge in [-0.3, -0.25) is 14.8 Å². The number of fused-ring (bicyclic) bond motifs is 2. The number of carbonyl (C=O) groups is 1. The van der Waals surface area contributed by atoms with Gasteiger partial charge in [0, 0.05) is 76.8 Å². The lowest BCUT2D eigenvalue weighted by Crippen LogP contribution is -2.41. The summed E-state index contributed by atoms with van der Waals surface area (Å²) in [6.07, 6.45) is 11.2. The molecule has 2 fully saturated rings. The average Bonchev–Trinajstić information content (AvgIpc) is 3.32. The molecule has 1 aliphatic carbocycles. The highest BCUT2D eigenvalue weighted by Crippen LogP contribution is 2.46. The minimum atomic E-state index is 0.197. The summed E-state index contributed by atoms with van der Waals surface area (Å²) in [5, 5.41) is 0.768. The topological polar surface area (TPSA) is 49.3 Å². The van der Waals surface area contributed by atoms with Gasteiger partial charge in [-0.1, -0.05) is 27.5 Å². The third-order valence-corrected chi connectivity index (χ3v) is 9.87. The smallest absolute Gasteiger partial charge is 0.222 e. The first kappa shape index (κ1) is 26.3. The number of rotatable bonds is 4. The Hall–Kier alpha value is -1.96. The number of piperidine rings is 1. The molecule has 1 amide bonds. The molecular formula is C30H31Br2ClN4O. The van der Waals surface area contributed by atoms with Crippen LogP contribution in [0.1, 0.15) is 54.0 Å². The van der Waals surface area contributed by atoms with E-state index in [0.717, 1.165) is 72.3 Å². The Balaban J connectivity index is 1.16. The molecule has 2 saturated heterocycles. The van der Waals surface area contributed by atoms with Crippen LogP contribution in [0.5, 0.6) is 0 Å². The second kappa shape index (κ2) is 11.3. The fourth-order valence-electron chi connectivity index (χ4n) is 6.68. The standard InChI is InChI=1S/C30H31Br2ClN4O/c31-23-14-22-2-1-21-15-24(33)16-26(32)28(21)29(30(22)35-17-23)20-6-11-36(12-7-20)27(38)13-19-5-10-37(18-19)25-3-8-34-9-4-25/h3-4,8-9,14-17,19-20,29H,1-2,5-7,10-13,18H2/t19-,29+/m0/s1. The summed E-state index contributed by atoms with van der Waals surface area (Å²) < 4.78 is 2.09. The highest BCUT2D eigenvalue weighted by molar-refractivity contribution is 9.10. The van der Waals surface area contributed by atoms with Crippen LogP contribution in [0.4, 0.5) is 5.69 Å². The highest BCUT2D eigenvalue weighted by Gasteiger charge is 2.37. The van der Waals surface area contributed by atoms with Crippen molar-refractivity contribution in [3.05, 3.63) is 85.3 Å². The van der Waals surface area contributed by atoms with Gasteiger partial charge in [0.2, 0.25) is 5.91 Å². The van der Waals surface area contributed by atoms with E-state index in [-0.39, 0.29) is 5.92 Å². The van der Waals surface area contributed by atoms with E-state index < -0.39 is 0 Å². The molecule has 0 radical (unpaired) electrons. The maximum absolute atomic E-state index is 13.3. The summed E-state index contributed by atoms with van der Waals surface area (Å²) in [5.74, 6) is 1.34. The molecule has 0 N–H and O–H groups in total. The lowest BCUT2D eigenvalue weighted by molar-refractivity contribution is -0.133. The molecule has 198 valence electrons. The summed E-state index contributed by atoms with van der Waals surface area (Å²) in [5.41, 5.74) is 6.33.